The number of nitrogens with zero attached hydrogens (tertiary/aromatic N) is 1. The van der Waals surface area contributed by atoms with Crippen molar-refractivity contribution in [3.05, 3.63) is 46.3 Å². The molecular weight excluding hydrogens is 238 g/mol. The Kier molecular flexibility index (Phi) is 2.36. The van der Waals surface area contributed by atoms with Crippen molar-refractivity contribution in [2.75, 3.05) is 11.9 Å². The number of allylic oxidation sites excluding steroid dienone is 1. The van der Waals surface area contributed by atoms with Crippen LogP contribution >= 0.6 is 0 Å². The van der Waals surface area contributed by atoms with E-state index in [-0.39, 0.29) is 11.2 Å². The number of hydrogen-bond acceptors (Lipinski definition) is 3. The van der Waals surface area contributed by atoms with E-state index in [9.17, 15) is 4.79 Å². The summed E-state index contributed by atoms with van der Waals surface area (Å²) in [5.41, 5.74) is 3.85. The first kappa shape index (κ1) is 12.0. The molecule has 0 fully saturated rings. The van der Waals surface area contributed by atoms with Gasteiger partial charge in [0, 0.05) is 35.8 Å². The molecule has 0 bridgehead atoms. The summed E-state index contributed by atoms with van der Waals surface area (Å²) in [5, 5.41) is 0.958. The molecule has 0 atom stereocenters. The van der Waals surface area contributed by atoms with E-state index in [0.29, 0.717) is 5.58 Å². The van der Waals surface area contributed by atoms with E-state index in [2.05, 4.69) is 44.9 Å². The summed E-state index contributed by atoms with van der Waals surface area (Å²) in [4.78, 5) is 13.5. The maximum absolute atomic E-state index is 11.3. The van der Waals surface area contributed by atoms with Crippen molar-refractivity contribution in [3.63, 3.8) is 0 Å². The largest absolute Gasteiger partial charge is 0.423 e. The average molecular weight is 255 g/mol. The van der Waals surface area contributed by atoms with Gasteiger partial charge in [-0.05, 0) is 38.5 Å². The quantitative estimate of drug-likeness (QED) is 0.676. The zero-order chi connectivity index (χ0) is 13.8. The monoisotopic (exact) mass is 255 g/mol. The summed E-state index contributed by atoms with van der Waals surface area (Å²) in [5.74, 6) is 0. The van der Waals surface area contributed by atoms with Crippen molar-refractivity contribution in [1.29, 1.82) is 0 Å². The molecule has 19 heavy (non-hydrogen) atoms. The summed E-state index contributed by atoms with van der Waals surface area (Å²) in [6.07, 6.45) is 2.26. The average Bonchev–Trinajstić information content (AvgIpc) is 2.34. The van der Waals surface area contributed by atoms with E-state index in [1.807, 2.05) is 12.1 Å². The fourth-order valence-corrected chi connectivity index (χ4v) is 2.71. The Hall–Kier alpha value is -2.03. The van der Waals surface area contributed by atoms with Crippen LogP contribution in [0.15, 0.2) is 39.6 Å². The molecule has 0 N–H and O–H groups in total. The smallest absolute Gasteiger partial charge is 0.336 e. The van der Waals surface area contributed by atoms with Gasteiger partial charge in [-0.3, -0.25) is 0 Å². The minimum Gasteiger partial charge on any atom is -0.423 e. The standard InChI is InChI=1S/C16H17NO2/c1-10-9-16(2,3)17(4)13-8-14-11(7-12(10)13)5-6-15(18)19-14/h5-9H,1-4H3. The molecule has 2 aromatic rings. The fraction of sp³-hybridized carbons (Fsp3) is 0.312. The van der Waals surface area contributed by atoms with Crippen molar-refractivity contribution in [1.82, 2.24) is 0 Å². The van der Waals surface area contributed by atoms with E-state index < -0.39 is 0 Å². The van der Waals surface area contributed by atoms with E-state index in [1.54, 1.807) is 0 Å². The van der Waals surface area contributed by atoms with Crippen LogP contribution in [-0.2, 0) is 0 Å². The number of rotatable bonds is 0. The van der Waals surface area contributed by atoms with E-state index >= 15 is 0 Å². The third-order valence-electron chi connectivity index (χ3n) is 3.96. The number of hydrogen-bond donors (Lipinski definition) is 0. The predicted octanol–water partition coefficient (Wildman–Crippen LogP) is 3.42. The lowest BCUT2D eigenvalue weighted by molar-refractivity contribution is 0.559. The Bertz CT molecular complexity index is 753. The lowest BCUT2D eigenvalue weighted by atomic mass is 9.89. The molecule has 98 valence electrons. The second kappa shape index (κ2) is 3.73. The van der Waals surface area contributed by atoms with Crippen molar-refractivity contribution < 1.29 is 4.42 Å². The highest BCUT2D eigenvalue weighted by Gasteiger charge is 2.28. The highest BCUT2D eigenvalue weighted by atomic mass is 16.4. The summed E-state index contributed by atoms with van der Waals surface area (Å²) in [6, 6.07) is 7.33. The lowest BCUT2D eigenvalue weighted by Gasteiger charge is -2.40. The van der Waals surface area contributed by atoms with Crippen LogP contribution in [0.4, 0.5) is 5.69 Å². The van der Waals surface area contributed by atoms with E-state index in [0.717, 1.165) is 11.1 Å². The van der Waals surface area contributed by atoms with Crippen LogP contribution in [0.1, 0.15) is 26.3 Å². The second-order valence-corrected chi connectivity index (χ2v) is 5.70. The maximum Gasteiger partial charge on any atom is 0.336 e. The predicted molar refractivity (Wildman–Crippen MR) is 78.6 cm³/mol. The lowest BCUT2D eigenvalue weighted by Crippen LogP contribution is -2.42. The molecule has 0 unspecified atom stereocenters. The number of likely N-dealkylation sites (N-methyl/N-ethyl adjacent to an activating group) is 1. The van der Waals surface area contributed by atoms with Crippen LogP contribution in [0.25, 0.3) is 16.5 Å². The summed E-state index contributed by atoms with van der Waals surface area (Å²) in [7, 11) is 2.06. The highest BCUT2D eigenvalue weighted by molar-refractivity contribution is 5.91. The van der Waals surface area contributed by atoms with Gasteiger partial charge >= 0.3 is 5.63 Å². The normalized spacial score (nSPS) is 17.3. The van der Waals surface area contributed by atoms with Crippen LogP contribution in [0.5, 0.6) is 0 Å². The molecule has 3 rings (SSSR count). The topological polar surface area (TPSA) is 33.5 Å². The second-order valence-electron chi connectivity index (χ2n) is 5.70. The Morgan fingerprint density at radius 2 is 1.95 bits per heavy atom. The molecule has 0 spiro atoms. The van der Waals surface area contributed by atoms with Gasteiger partial charge in [0.05, 0.1) is 5.54 Å². The fourth-order valence-electron chi connectivity index (χ4n) is 2.71. The van der Waals surface area contributed by atoms with Gasteiger partial charge in [0.1, 0.15) is 5.58 Å². The summed E-state index contributed by atoms with van der Waals surface area (Å²) >= 11 is 0. The molecule has 1 aliphatic rings. The minimum absolute atomic E-state index is 0.0418. The van der Waals surface area contributed by atoms with Crippen LogP contribution in [0, 0.1) is 0 Å². The Balaban J connectivity index is 2.35. The Morgan fingerprint density at radius 1 is 1.21 bits per heavy atom. The van der Waals surface area contributed by atoms with Crippen LogP contribution in [-0.4, -0.2) is 12.6 Å². The first-order valence-electron chi connectivity index (χ1n) is 6.40. The molecule has 0 saturated heterocycles. The van der Waals surface area contributed by atoms with Crippen molar-refractivity contribution in [2.24, 2.45) is 0 Å². The molecule has 1 aliphatic heterocycles. The zero-order valence-corrected chi connectivity index (χ0v) is 11.7. The molecular formula is C16H17NO2. The molecule has 0 amide bonds. The minimum atomic E-state index is -0.308. The van der Waals surface area contributed by atoms with Gasteiger partial charge in [-0.1, -0.05) is 6.08 Å². The molecule has 0 aliphatic carbocycles. The van der Waals surface area contributed by atoms with Gasteiger partial charge in [-0.25, -0.2) is 4.79 Å². The zero-order valence-electron chi connectivity index (χ0n) is 11.7. The third kappa shape index (κ3) is 1.77. The first-order chi connectivity index (χ1) is 8.88. The van der Waals surface area contributed by atoms with Crippen molar-refractivity contribution in [3.8, 4) is 0 Å². The van der Waals surface area contributed by atoms with Crippen LogP contribution in [0.2, 0.25) is 0 Å². The Morgan fingerprint density at radius 3 is 2.68 bits per heavy atom. The van der Waals surface area contributed by atoms with E-state index in [1.165, 1.54) is 17.2 Å². The van der Waals surface area contributed by atoms with Crippen molar-refractivity contribution >= 4 is 22.2 Å². The molecule has 1 aromatic heterocycles. The molecule has 3 heteroatoms. The van der Waals surface area contributed by atoms with Gasteiger partial charge in [0.15, 0.2) is 0 Å². The maximum atomic E-state index is 11.3. The van der Waals surface area contributed by atoms with E-state index in [4.69, 9.17) is 4.42 Å². The SMILES string of the molecule is CC1=CC(C)(C)N(C)c2cc3oc(=O)ccc3cc21. The number of fused-ring (bicyclic) bond motifs is 2. The summed E-state index contributed by atoms with van der Waals surface area (Å²) < 4.78 is 5.28. The van der Waals surface area contributed by atoms with Gasteiger partial charge < -0.3 is 9.32 Å². The molecule has 0 radical (unpaired) electrons. The van der Waals surface area contributed by atoms with Gasteiger partial charge in [-0.15, -0.1) is 0 Å². The summed E-state index contributed by atoms with van der Waals surface area (Å²) in [6.45, 7) is 6.47. The molecule has 1 aromatic carbocycles. The number of anilines is 1. The molecule has 2 heterocycles. The Labute approximate surface area is 112 Å². The highest BCUT2D eigenvalue weighted by Crippen LogP contribution is 2.39. The van der Waals surface area contributed by atoms with Gasteiger partial charge in [0.2, 0.25) is 0 Å². The molecule has 3 nitrogen and oxygen atoms in total. The van der Waals surface area contributed by atoms with Crippen molar-refractivity contribution in [2.45, 2.75) is 26.3 Å². The number of benzene rings is 1. The van der Waals surface area contributed by atoms with Gasteiger partial charge in [0.25, 0.3) is 0 Å². The van der Waals surface area contributed by atoms with Crippen LogP contribution < -0.4 is 10.5 Å². The van der Waals surface area contributed by atoms with Crippen LogP contribution in [0.3, 0.4) is 0 Å². The molecule has 0 saturated carbocycles. The first-order valence-corrected chi connectivity index (χ1v) is 6.40. The van der Waals surface area contributed by atoms with Gasteiger partial charge in [-0.2, -0.15) is 0 Å². The third-order valence-corrected chi connectivity index (χ3v) is 3.96.